The van der Waals surface area contributed by atoms with Crippen molar-refractivity contribution in [3.8, 4) is 0 Å². The first-order valence-corrected chi connectivity index (χ1v) is 6.71. The van der Waals surface area contributed by atoms with Gasteiger partial charge < -0.3 is 5.32 Å². The smallest absolute Gasteiger partial charge is 0.225 e. The summed E-state index contributed by atoms with van der Waals surface area (Å²) in [6.07, 6.45) is 3.45. The molecule has 0 fully saturated rings. The summed E-state index contributed by atoms with van der Waals surface area (Å²) < 4.78 is 0. The van der Waals surface area contributed by atoms with Crippen LogP contribution in [0.5, 0.6) is 0 Å². The zero-order chi connectivity index (χ0) is 12.4. The Morgan fingerprint density at radius 1 is 1.24 bits per heavy atom. The third-order valence-electron chi connectivity index (χ3n) is 2.04. The van der Waals surface area contributed by atoms with Gasteiger partial charge in [-0.1, -0.05) is 0 Å². The predicted octanol–water partition coefficient (Wildman–Crippen LogP) is 2.62. The van der Waals surface area contributed by atoms with Gasteiger partial charge in [-0.05, 0) is 31.7 Å². The van der Waals surface area contributed by atoms with Gasteiger partial charge in [0.15, 0.2) is 5.82 Å². The SMILES string of the molecule is CSc1ncnc2c(NC(C)C)nc(Cl)nc12. The molecule has 0 aliphatic heterocycles. The van der Waals surface area contributed by atoms with E-state index < -0.39 is 0 Å². The Morgan fingerprint density at radius 3 is 2.65 bits per heavy atom. The number of nitrogens with zero attached hydrogens (tertiary/aromatic N) is 4. The van der Waals surface area contributed by atoms with Crippen molar-refractivity contribution in [3.05, 3.63) is 11.6 Å². The van der Waals surface area contributed by atoms with Gasteiger partial charge in [-0.25, -0.2) is 15.0 Å². The second-order valence-electron chi connectivity index (χ2n) is 3.72. The molecular weight excluding hydrogens is 258 g/mol. The molecule has 0 unspecified atom stereocenters. The molecule has 2 aromatic heterocycles. The summed E-state index contributed by atoms with van der Waals surface area (Å²) in [4.78, 5) is 16.7. The van der Waals surface area contributed by atoms with E-state index in [4.69, 9.17) is 11.6 Å². The van der Waals surface area contributed by atoms with Crippen LogP contribution in [0.3, 0.4) is 0 Å². The van der Waals surface area contributed by atoms with E-state index in [0.29, 0.717) is 16.9 Å². The van der Waals surface area contributed by atoms with E-state index in [-0.39, 0.29) is 11.3 Å². The highest BCUT2D eigenvalue weighted by Crippen LogP contribution is 2.26. The number of thioether (sulfide) groups is 1. The number of hydrogen-bond donors (Lipinski definition) is 1. The number of rotatable bonds is 3. The van der Waals surface area contributed by atoms with Gasteiger partial charge in [0.25, 0.3) is 0 Å². The van der Waals surface area contributed by atoms with Crippen LogP contribution in [0.4, 0.5) is 5.82 Å². The molecule has 0 aliphatic rings. The minimum absolute atomic E-state index is 0.200. The van der Waals surface area contributed by atoms with Crippen LogP contribution in [0.25, 0.3) is 11.0 Å². The molecule has 0 aromatic carbocycles. The topological polar surface area (TPSA) is 63.6 Å². The van der Waals surface area contributed by atoms with Crippen LogP contribution in [0, 0.1) is 0 Å². The fraction of sp³-hybridized carbons (Fsp3) is 0.400. The average molecular weight is 270 g/mol. The highest BCUT2D eigenvalue weighted by molar-refractivity contribution is 7.98. The Morgan fingerprint density at radius 2 is 2.00 bits per heavy atom. The summed E-state index contributed by atoms with van der Waals surface area (Å²) in [6, 6.07) is 0.247. The van der Waals surface area contributed by atoms with Crippen LogP contribution in [0.15, 0.2) is 11.4 Å². The molecule has 0 saturated heterocycles. The second-order valence-corrected chi connectivity index (χ2v) is 4.85. The number of anilines is 1. The molecule has 0 atom stereocenters. The molecule has 7 heteroatoms. The van der Waals surface area contributed by atoms with E-state index in [1.165, 1.54) is 18.1 Å². The van der Waals surface area contributed by atoms with Gasteiger partial charge in [-0.2, -0.15) is 4.98 Å². The molecule has 2 rings (SSSR count). The van der Waals surface area contributed by atoms with E-state index in [9.17, 15) is 0 Å². The largest absolute Gasteiger partial charge is 0.366 e. The standard InChI is InChI=1S/C10H12ClN5S/c1-5(2)14-8-6-7(15-10(11)16-8)9(17-3)13-4-12-6/h4-5H,1-3H3,(H,14,15,16). The van der Waals surface area contributed by atoms with Crippen molar-refractivity contribution < 1.29 is 0 Å². The van der Waals surface area contributed by atoms with Gasteiger partial charge >= 0.3 is 0 Å². The lowest BCUT2D eigenvalue weighted by Crippen LogP contribution is -2.12. The fourth-order valence-corrected chi connectivity index (χ4v) is 2.08. The quantitative estimate of drug-likeness (QED) is 0.525. The number of hydrogen-bond acceptors (Lipinski definition) is 6. The second kappa shape index (κ2) is 5.01. The first-order chi connectivity index (χ1) is 8.11. The molecule has 1 N–H and O–H groups in total. The minimum Gasteiger partial charge on any atom is -0.366 e. The highest BCUT2D eigenvalue weighted by Gasteiger charge is 2.12. The highest BCUT2D eigenvalue weighted by atomic mass is 35.5. The third kappa shape index (κ3) is 2.58. The van der Waals surface area contributed by atoms with Gasteiger partial charge in [0.2, 0.25) is 5.28 Å². The third-order valence-corrected chi connectivity index (χ3v) is 2.89. The average Bonchev–Trinajstić information content (AvgIpc) is 2.27. The lowest BCUT2D eigenvalue weighted by Gasteiger charge is -2.11. The van der Waals surface area contributed by atoms with Crippen LogP contribution in [-0.2, 0) is 0 Å². The lowest BCUT2D eigenvalue weighted by molar-refractivity contribution is 0.887. The molecule has 90 valence electrons. The predicted molar refractivity (Wildman–Crippen MR) is 70.7 cm³/mol. The molecule has 0 amide bonds. The van der Waals surface area contributed by atoms with Crippen LogP contribution in [0.1, 0.15) is 13.8 Å². The molecule has 0 saturated carbocycles. The molecule has 2 heterocycles. The monoisotopic (exact) mass is 269 g/mol. The molecule has 0 radical (unpaired) electrons. The number of fused-ring (bicyclic) bond motifs is 1. The zero-order valence-electron chi connectivity index (χ0n) is 9.73. The van der Waals surface area contributed by atoms with Gasteiger partial charge in [0.1, 0.15) is 22.4 Å². The van der Waals surface area contributed by atoms with Gasteiger partial charge in [-0.3, -0.25) is 0 Å². The molecule has 5 nitrogen and oxygen atoms in total. The summed E-state index contributed by atoms with van der Waals surface area (Å²) in [5.74, 6) is 0.646. The van der Waals surface area contributed by atoms with E-state index in [1.807, 2.05) is 20.1 Å². The number of halogens is 1. The van der Waals surface area contributed by atoms with E-state index >= 15 is 0 Å². The van der Waals surface area contributed by atoms with Crippen molar-refractivity contribution in [2.45, 2.75) is 24.9 Å². The van der Waals surface area contributed by atoms with Gasteiger partial charge in [0.05, 0.1) is 0 Å². The van der Waals surface area contributed by atoms with Crippen LogP contribution >= 0.6 is 23.4 Å². The summed E-state index contributed by atoms with van der Waals surface area (Å²) in [6.45, 7) is 4.05. The molecule has 17 heavy (non-hydrogen) atoms. The Hall–Kier alpha value is -1.14. The van der Waals surface area contributed by atoms with Crippen molar-refractivity contribution in [3.63, 3.8) is 0 Å². The summed E-state index contributed by atoms with van der Waals surface area (Å²) in [5.41, 5.74) is 1.38. The minimum atomic E-state index is 0.200. The maximum atomic E-state index is 5.91. The van der Waals surface area contributed by atoms with E-state index in [2.05, 4.69) is 25.3 Å². The van der Waals surface area contributed by atoms with Crippen LogP contribution < -0.4 is 5.32 Å². The van der Waals surface area contributed by atoms with Crippen LogP contribution in [0.2, 0.25) is 5.28 Å². The summed E-state index contributed by atoms with van der Waals surface area (Å²) in [7, 11) is 0. The van der Waals surface area contributed by atoms with Gasteiger partial charge in [0, 0.05) is 6.04 Å². The first-order valence-electron chi connectivity index (χ1n) is 5.10. The van der Waals surface area contributed by atoms with Crippen LogP contribution in [-0.4, -0.2) is 32.2 Å². The summed E-state index contributed by atoms with van der Waals surface area (Å²) >= 11 is 7.42. The van der Waals surface area contributed by atoms with Crippen molar-refractivity contribution in [2.24, 2.45) is 0 Å². The van der Waals surface area contributed by atoms with Gasteiger partial charge in [-0.15, -0.1) is 11.8 Å². The normalized spacial score (nSPS) is 11.1. The van der Waals surface area contributed by atoms with E-state index in [0.717, 1.165) is 5.03 Å². The number of aromatic nitrogens is 4. The van der Waals surface area contributed by atoms with E-state index in [1.54, 1.807) is 0 Å². The molecule has 0 bridgehead atoms. The molecule has 0 aliphatic carbocycles. The van der Waals surface area contributed by atoms with Crippen molar-refractivity contribution in [2.75, 3.05) is 11.6 Å². The Labute approximate surface area is 108 Å². The maximum absolute atomic E-state index is 5.91. The fourth-order valence-electron chi connectivity index (χ4n) is 1.42. The maximum Gasteiger partial charge on any atom is 0.225 e. The molecule has 2 aromatic rings. The number of nitrogens with one attached hydrogen (secondary N) is 1. The Balaban J connectivity index is 2.67. The first kappa shape index (κ1) is 12.3. The van der Waals surface area contributed by atoms with Crippen molar-refractivity contribution >= 4 is 40.2 Å². The zero-order valence-corrected chi connectivity index (χ0v) is 11.3. The molecule has 0 spiro atoms. The molecular formula is C10H12ClN5S. The summed E-state index contributed by atoms with van der Waals surface area (Å²) in [5, 5.41) is 4.20. The van der Waals surface area contributed by atoms with Crippen molar-refractivity contribution in [1.29, 1.82) is 0 Å². The lowest BCUT2D eigenvalue weighted by atomic mass is 10.3. The Bertz CT molecular complexity index is 545. The Kier molecular flexibility index (Phi) is 3.63. The van der Waals surface area contributed by atoms with Crippen molar-refractivity contribution in [1.82, 2.24) is 19.9 Å².